The zero-order chi connectivity index (χ0) is 11.6. The Bertz CT molecular complexity index is 276. The number of nitrogens with one attached hydrogen (secondary N) is 1. The second kappa shape index (κ2) is 8.27. The molecule has 0 aliphatic rings. The van der Waals surface area contributed by atoms with Gasteiger partial charge in [-0.2, -0.15) is 5.10 Å². The van der Waals surface area contributed by atoms with Gasteiger partial charge in [0.05, 0.1) is 26.0 Å². The third-order valence-corrected chi connectivity index (χ3v) is 2.13. The Morgan fingerprint density at radius 3 is 3.12 bits per heavy atom. The third-order valence-electron chi connectivity index (χ3n) is 2.13. The topological polar surface area (TPSA) is 59.3 Å². The van der Waals surface area contributed by atoms with E-state index in [2.05, 4.69) is 23.5 Å². The molecule has 0 atom stereocenters. The van der Waals surface area contributed by atoms with Crippen LogP contribution >= 0.6 is 0 Å². The monoisotopic (exact) mass is 227 g/mol. The van der Waals surface area contributed by atoms with Gasteiger partial charge >= 0.3 is 0 Å². The molecule has 1 aromatic heterocycles. The summed E-state index contributed by atoms with van der Waals surface area (Å²) in [4.78, 5) is 0. The number of aryl methyl sites for hydroxylation is 1. The highest BCUT2D eigenvalue weighted by Gasteiger charge is 1.97. The summed E-state index contributed by atoms with van der Waals surface area (Å²) >= 11 is 0. The van der Waals surface area contributed by atoms with Gasteiger partial charge in [-0.25, -0.2) is 0 Å². The quantitative estimate of drug-likeness (QED) is 0.599. The van der Waals surface area contributed by atoms with Crippen LogP contribution in [0.5, 0.6) is 0 Å². The largest absolute Gasteiger partial charge is 0.394 e. The molecule has 0 spiro atoms. The van der Waals surface area contributed by atoms with Crippen molar-refractivity contribution in [1.82, 2.24) is 15.1 Å². The van der Waals surface area contributed by atoms with Gasteiger partial charge in [-0.1, -0.05) is 6.92 Å². The minimum atomic E-state index is 0.0871. The Kier molecular flexibility index (Phi) is 6.80. The molecule has 0 bridgehead atoms. The number of hydrogen-bond acceptors (Lipinski definition) is 4. The van der Waals surface area contributed by atoms with Gasteiger partial charge in [0.15, 0.2) is 0 Å². The lowest BCUT2D eigenvalue weighted by atomic mass is 10.3. The summed E-state index contributed by atoms with van der Waals surface area (Å²) in [5.41, 5.74) is 1.19. The van der Waals surface area contributed by atoms with Crippen LogP contribution in [0, 0.1) is 0 Å². The first kappa shape index (κ1) is 13.2. The summed E-state index contributed by atoms with van der Waals surface area (Å²) in [6.45, 7) is 5.84. The molecular formula is C11H21N3O2. The summed E-state index contributed by atoms with van der Waals surface area (Å²) in [6, 6.07) is 0. The molecule has 0 aromatic carbocycles. The highest BCUT2D eigenvalue weighted by atomic mass is 16.5. The van der Waals surface area contributed by atoms with Gasteiger partial charge in [0, 0.05) is 31.4 Å². The van der Waals surface area contributed by atoms with Gasteiger partial charge in [0.1, 0.15) is 0 Å². The van der Waals surface area contributed by atoms with Crippen LogP contribution in [-0.4, -0.2) is 41.3 Å². The Balaban J connectivity index is 2.07. The molecule has 0 saturated heterocycles. The summed E-state index contributed by atoms with van der Waals surface area (Å²) in [5.74, 6) is 0. The fraction of sp³-hybridized carbons (Fsp3) is 0.727. The predicted octanol–water partition coefficient (Wildman–Crippen LogP) is 0.392. The number of aromatic nitrogens is 2. The molecule has 16 heavy (non-hydrogen) atoms. The lowest BCUT2D eigenvalue weighted by Gasteiger charge is -2.03. The molecule has 5 nitrogen and oxygen atoms in total. The Labute approximate surface area is 96.4 Å². The van der Waals surface area contributed by atoms with E-state index in [4.69, 9.17) is 9.84 Å². The van der Waals surface area contributed by atoms with E-state index in [0.717, 1.165) is 26.1 Å². The standard InChI is InChI=1S/C11H21N3O2/c1-2-4-14-10-11(9-13-14)8-12-3-6-16-7-5-15/h9-10,12,15H,2-8H2,1H3. The number of aliphatic hydroxyl groups is 1. The Morgan fingerprint density at radius 1 is 1.50 bits per heavy atom. The molecular weight excluding hydrogens is 206 g/mol. The van der Waals surface area contributed by atoms with Crippen molar-refractivity contribution in [2.45, 2.75) is 26.4 Å². The summed E-state index contributed by atoms with van der Waals surface area (Å²) < 4.78 is 7.09. The average Bonchev–Trinajstić information content (AvgIpc) is 2.72. The minimum Gasteiger partial charge on any atom is -0.394 e. The lowest BCUT2D eigenvalue weighted by molar-refractivity contribution is 0.0938. The maximum absolute atomic E-state index is 8.50. The molecule has 0 radical (unpaired) electrons. The second-order valence-corrected chi connectivity index (χ2v) is 3.62. The van der Waals surface area contributed by atoms with Gasteiger partial charge in [0.2, 0.25) is 0 Å². The first-order valence-electron chi connectivity index (χ1n) is 5.77. The SMILES string of the molecule is CCCn1cc(CNCCOCCO)cn1. The van der Waals surface area contributed by atoms with E-state index in [1.807, 2.05) is 10.9 Å². The van der Waals surface area contributed by atoms with Gasteiger partial charge in [0.25, 0.3) is 0 Å². The molecule has 1 aromatic rings. The van der Waals surface area contributed by atoms with E-state index < -0.39 is 0 Å². The van der Waals surface area contributed by atoms with E-state index in [1.54, 1.807) is 0 Å². The summed E-state index contributed by atoms with van der Waals surface area (Å²) in [7, 11) is 0. The fourth-order valence-corrected chi connectivity index (χ4v) is 1.39. The molecule has 0 aliphatic heterocycles. The van der Waals surface area contributed by atoms with Crippen molar-refractivity contribution < 1.29 is 9.84 Å². The van der Waals surface area contributed by atoms with Gasteiger partial charge in [-0.05, 0) is 6.42 Å². The molecule has 0 unspecified atom stereocenters. The summed E-state index contributed by atoms with van der Waals surface area (Å²) in [6.07, 6.45) is 5.05. The highest BCUT2D eigenvalue weighted by molar-refractivity contribution is 5.03. The van der Waals surface area contributed by atoms with Crippen LogP contribution in [0.25, 0.3) is 0 Å². The van der Waals surface area contributed by atoms with Crippen molar-refractivity contribution >= 4 is 0 Å². The van der Waals surface area contributed by atoms with Crippen LogP contribution in [0.15, 0.2) is 12.4 Å². The van der Waals surface area contributed by atoms with E-state index in [-0.39, 0.29) is 6.61 Å². The molecule has 2 N–H and O–H groups in total. The van der Waals surface area contributed by atoms with Crippen molar-refractivity contribution in [2.75, 3.05) is 26.4 Å². The lowest BCUT2D eigenvalue weighted by Crippen LogP contribution is -2.19. The first-order chi connectivity index (χ1) is 7.86. The minimum absolute atomic E-state index is 0.0871. The first-order valence-corrected chi connectivity index (χ1v) is 5.77. The number of ether oxygens (including phenoxy) is 1. The van der Waals surface area contributed by atoms with E-state index >= 15 is 0 Å². The van der Waals surface area contributed by atoms with Gasteiger partial charge in [-0.15, -0.1) is 0 Å². The van der Waals surface area contributed by atoms with E-state index in [0.29, 0.717) is 13.2 Å². The van der Waals surface area contributed by atoms with Gasteiger partial charge in [-0.3, -0.25) is 4.68 Å². The molecule has 0 amide bonds. The maximum Gasteiger partial charge on any atom is 0.0698 e. The van der Waals surface area contributed by atoms with Crippen LogP contribution in [0.4, 0.5) is 0 Å². The Morgan fingerprint density at radius 2 is 2.38 bits per heavy atom. The maximum atomic E-state index is 8.50. The average molecular weight is 227 g/mol. The molecule has 1 heterocycles. The molecule has 0 fully saturated rings. The van der Waals surface area contributed by atoms with Crippen LogP contribution in [-0.2, 0) is 17.8 Å². The second-order valence-electron chi connectivity index (χ2n) is 3.62. The normalized spacial score (nSPS) is 10.9. The molecule has 5 heteroatoms. The molecule has 92 valence electrons. The number of nitrogens with zero attached hydrogens (tertiary/aromatic N) is 2. The number of rotatable bonds is 9. The molecule has 0 saturated carbocycles. The van der Waals surface area contributed by atoms with Crippen molar-refractivity contribution in [1.29, 1.82) is 0 Å². The van der Waals surface area contributed by atoms with Crippen molar-refractivity contribution in [3.63, 3.8) is 0 Å². The van der Waals surface area contributed by atoms with Crippen molar-refractivity contribution in [2.24, 2.45) is 0 Å². The van der Waals surface area contributed by atoms with Crippen LogP contribution in [0.3, 0.4) is 0 Å². The smallest absolute Gasteiger partial charge is 0.0698 e. The van der Waals surface area contributed by atoms with Crippen LogP contribution in [0.2, 0.25) is 0 Å². The summed E-state index contributed by atoms with van der Waals surface area (Å²) in [5, 5.41) is 16.0. The van der Waals surface area contributed by atoms with E-state index in [1.165, 1.54) is 5.56 Å². The van der Waals surface area contributed by atoms with E-state index in [9.17, 15) is 0 Å². The predicted molar refractivity (Wildman–Crippen MR) is 62.1 cm³/mol. The zero-order valence-corrected chi connectivity index (χ0v) is 9.85. The molecule has 0 aliphatic carbocycles. The highest BCUT2D eigenvalue weighted by Crippen LogP contribution is 1.97. The van der Waals surface area contributed by atoms with Crippen molar-refractivity contribution in [3.05, 3.63) is 18.0 Å². The van der Waals surface area contributed by atoms with Crippen molar-refractivity contribution in [3.8, 4) is 0 Å². The number of aliphatic hydroxyl groups excluding tert-OH is 1. The van der Waals surface area contributed by atoms with Gasteiger partial charge < -0.3 is 15.2 Å². The number of hydrogen-bond donors (Lipinski definition) is 2. The fourth-order valence-electron chi connectivity index (χ4n) is 1.39. The third kappa shape index (κ3) is 5.25. The zero-order valence-electron chi connectivity index (χ0n) is 9.85. The van der Waals surface area contributed by atoms with Crippen LogP contribution in [0.1, 0.15) is 18.9 Å². The Hall–Kier alpha value is -0.910. The van der Waals surface area contributed by atoms with Crippen LogP contribution < -0.4 is 5.32 Å². The molecule has 1 rings (SSSR count).